The second kappa shape index (κ2) is 7.16. The van der Waals surface area contributed by atoms with Crippen molar-refractivity contribution in [3.05, 3.63) is 30.6 Å². The number of nitrogens with zero attached hydrogens (tertiary/aromatic N) is 6. The predicted octanol–water partition coefficient (Wildman–Crippen LogP) is -0.262. The molecule has 10 heteroatoms. The standard InChI is InChI=1S/C15H22N6O3S/c1-12-9-20(7-6-19(12)10-13(2)22)25(23,24)15-5-3-4-14(8-15)21-11-16-17-18-21/h3-5,8,11-13,22H,6-7,9-10H2,1-2H3. The molecule has 2 unspecified atom stereocenters. The van der Waals surface area contributed by atoms with Crippen molar-refractivity contribution in [1.29, 1.82) is 0 Å². The van der Waals surface area contributed by atoms with Gasteiger partial charge in [-0.3, -0.25) is 4.90 Å². The van der Waals surface area contributed by atoms with Crippen LogP contribution >= 0.6 is 0 Å². The molecule has 25 heavy (non-hydrogen) atoms. The second-order valence-electron chi connectivity index (χ2n) is 6.31. The molecule has 1 aromatic heterocycles. The van der Waals surface area contributed by atoms with E-state index in [1.54, 1.807) is 31.2 Å². The van der Waals surface area contributed by atoms with Crippen molar-refractivity contribution in [3.63, 3.8) is 0 Å². The Balaban J connectivity index is 1.80. The molecule has 0 radical (unpaired) electrons. The van der Waals surface area contributed by atoms with Crippen molar-refractivity contribution in [3.8, 4) is 5.69 Å². The van der Waals surface area contributed by atoms with Gasteiger partial charge in [-0.15, -0.1) is 5.10 Å². The Kier molecular flexibility index (Phi) is 5.13. The maximum atomic E-state index is 13.0. The molecular weight excluding hydrogens is 344 g/mol. The number of hydrogen-bond donors (Lipinski definition) is 1. The first-order valence-corrected chi connectivity index (χ1v) is 9.57. The third-order valence-electron chi connectivity index (χ3n) is 4.30. The highest BCUT2D eigenvalue weighted by Gasteiger charge is 2.32. The lowest BCUT2D eigenvalue weighted by molar-refractivity contribution is 0.0699. The Morgan fingerprint density at radius 3 is 2.80 bits per heavy atom. The zero-order valence-corrected chi connectivity index (χ0v) is 15.0. The van der Waals surface area contributed by atoms with Crippen LogP contribution in [0.3, 0.4) is 0 Å². The summed E-state index contributed by atoms with van der Waals surface area (Å²) in [7, 11) is -3.60. The quantitative estimate of drug-likeness (QED) is 0.777. The van der Waals surface area contributed by atoms with E-state index in [-0.39, 0.29) is 10.9 Å². The van der Waals surface area contributed by atoms with Gasteiger partial charge < -0.3 is 5.11 Å². The van der Waals surface area contributed by atoms with E-state index in [0.29, 0.717) is 31.9 Å². The van der Waals surface area contributed by atoms with Crippen LogP contribution in [0.2, 0.25) is 0 Å². The normalized spacial score (nSPS) is 21.3. The molecule has 0 aliphatic carbocycles. The van der Waals surface area contributed by atoms with Crippen molar-refractivity contribution in [2.24, 2.45) is 0 Å². The van der Waals surface area contributed by atoms with Crippen LogP contribution in [-0.2, 0) is 10.0 Å². The van der Waals surface area contributed by atoms with Gasteiger partial charge in [0.25, 0.3) is 0 Å². The third-order valence-corrected chi connectivity index (χ3v) is 6.16. The minimum absolute atomic E-state index is 0.0424. The maximum absolute atomic E-state index is 13.0. The van der Waals surface area contributed by atoms with Crippen molar-refractivity contribution in [2.75, 3.05) is 26.2 Å². The molecule has 9 nitrogen and oxygen atoms in total. The van der Waals surface area contributed by atoms with Gasteiger partial charge in [0, 0.05) is 32.2 Å². The monoisotopic (exact) mass is 366 g/mol. The van der Waals surface area contributed by atoms with Gasteiger partial charge in [-0.2, -0.15) is 4.31 Å². The van der Waals surface area contributed by atoms with Crippen molar-refractivity contribution in [2.45, 2.75) is 30.9 Å². The third kappa shape index (κ3) is 3.87. The summed E-state index contributed by atoms with van der Waals surface area (Å²) in [6.45, 7) is 5.64. The highest BCUT2D eigenvalue weighted by molar-refractivity contribution is 7.89. The summed E-state index contributed by atoms with van der Waals surface area (Å²) in [5.74, 6) is 0. The van der Waals surface area contributed by atoms with Gasteiger partial charge in [0.05, 0.1) is 16.7 Å². The van der Waals surface area contributed by atoms with E-state index in [9.17, 15) is 13.5 Å². The average Bonchev–Trinajstić information content (AvgIpc) is 3.11. The molecule has 1 aliphatic rings. The number of aromatic nitrogens is 4. The van der Waals surface area contributed by atoms with Crippen LogP contribution in [0.1, 0.15) is 13.8 Å². The van der Waals surface area contributed by atoms with E-state index in [0.717, 1.165) is 0 Å². The first-order valence-electron chi connectivity index (χ1n) is 8.13. The van der Waals surface area contributed by atoms with Gasteiger partial charge in [-0.25, -0.2) is 13.1 Å². The summed E-state index contributed by atoms with van der Waals surface area (Å²) in [6.07, 6.45) is 0.987. The number of sulfonamides is 1. The second-order valence-corrected chi connectivity index (χ2v) is 8.25. The average molecular weight is 366 g/mol. The molecule has 1 N–H and O–H groups in total. The minimum Gasteiger partial charge on any atom is -0.392 e. The zero-order chi connectivity index (χ0) is 18.0. The van der Waals surface area contributed by atoms with E-state index in [2.05, 4.69) is 20.4 Å². The highest BCUT2D eigenvalue weighted by atomic mass is 32.2. The van der Waals surface area contributed by atoms with Crippen molar-refractivity contribution in [1.82, 2.24) is 29.4 Å². The Labute approximate surface area is 146 Å². The minimum atomic E-state index is -3.60. The molecule has 2 aromatic rings. The van der Waals surface area contributed by atoms with Crippen LogP contribution in [-0.4, -0.2) is 81.3 Å². The van der Waals surface area contributed by atoms with E-state index in [1.165, 1.54) is 15.3 Å². The summed E-state index contributed by atoms with van der Waals surface area (Å²) in [4.78, 5) is 2.32. The maximum Gasteiger partial charge on any atom is 0.243 e. The zero-order valence-electron chi connectivity index (χ0n) is 14.2. The number of β-amino-alcohol motifs (C(OH)–C–C–N with tert-alkyl or cyclic N) is 1. The van der Waals surface area contributed by atoms with Crippen LogP contribution in [0, 0.1) is 0 Å². The number of piperazine rings is 1. The van der Waals surface area contributed by atoms with Crippen LogP contribution in [0.5, 0.6) is 0 Å². The van der Waals surface area contributed by atoms with E-state index < -0.39 is 16.1 Å². The smallest absolute Gasteiger partial charge is 0.243 e. The van der Waals surface area contributed by atoms with Crippen LogP contribution in [0.25, 0.3) is 5.69 Å². The number of hydrogen-bond acceptors (Lipinski definition) is 7. The molecule has 0 spiro atoms. The summed E-state index contributed by atoms with van der Waals surface area (Å²) in [5.41, 5.74) is 0.590. The van der Waals surface area contributed by atoms with E-state index in [1.807, 2.05) is 6.92 Å². The van der Waals surface area contributed by atoms with Gasteiger partial charge in [0.1, 0.15) is 6.33 Å². The number of aliphatic hydroxyl groups is 1. The van der Waals surface area contributed by atoms with E-state index >= 15 is 0 Å². The van der Waals surface area contributed by atoms with Gasteiger partial charge in [-0.05, 0) is 42.5 Å². The van der Waals surface area contributed by atoms with Crippen molar-refractivity contribution < 1.29 is 13.5 Å². The number of tetrazole rings is 1. The summed E-state index contributed by atoms with van der Waals surface area (Å²) < 4.78 is 28.9. The lowest BCUT2D eigenvalue weighted by Gasteiger charge is -2.39. The lowest BCUT2D eigenvalue weighted by atomic mass is 10.2. The van der Waals surface area contributed by atoms with E-state index in [4.69, 9.17) is 0 Å². The van der Waals surface area contributed by atoms with Crippen LogP contribution in [0.4, 0.5) is 0 Å². The number of benzene rings is 1. The Bertz CT molecular complexity index is 808. The first-order chi connectivity index (χ1) is 11.9. The largest absolute Gasteiger partial charge is 0.392 e. The Hall–Kier alpha value is -1.88. The predicted molar refractivity (Wildman–Crippen MR) is 90.6 cm³/mol. The van der Waals surface area contributed by atoms with Gasteiger partial charge in [0.15, 0.2) is 0 Å². The first kappa shape index (κ1) is 17.9. The molecule has 2 heterocycles. The lowest BCUT2D eigenvalue weighted by Crippen LogP contribution is -2.54. The summed E-state index contributed by atoms with van der Waals surface area (Å²) >= 11 is 0. The molecule has 2 atom stereocenters. The highest BCUT2D eigenvalue weighted by Crippen LogP contribution is 2.22. The summed E-state index contributed by atoms with van der Waals surface area (Å²) in [5, 5.41) is 20.5. The molecule has 136 valence electrons. The number of aliphatic hydroxyl groups excluding tert-OH is 1. The fourth-order valence-electron chi connectivity index (χ4n) is 3.01. The molecule has 0 amide bonds. The molecular formula is C15H22N6O3S. The Morgan fingerprint density at radius 2 is 2.16 bits per heavy atom. The topological polar surface area (TPSA) is 104 Å². The molecule has 1 saturated heterocycles. The van der Waals surface area contributed by atoms with Gasteiger partial charge >= 0.3 is 0 Å². The van der Waals surface area contributed by atoms with Crippen LogP contribution in [0.15, 0.2) is 35.5 Å². The molecule has 1 fully saturated rings. The Morgan fingerprint density at radius 1 is 1.36 bits per heavy atom. The molecule has 3 rings (SSSR count). The fourth-order valence-corrected chi connectivity index (χ4v) is 4.56. The van der Waals surface area contributed by atoms with Crippen molar-refractivity contribution >= 4 is 10.0 Å². The molecule has 0 saturated carbocycles. The van der Waals surface area contributed by atoms with Gasteiger partial charge in [0.2, 0.25) is 10.0 Å². The van der Waals surface area contributed by atoms with Crippen LogP contribution < -0.4 is 0 Å². The SMILES string of the molecule is CC(O)CN1CCN(S(=O)(=O)c2cccc(-n3cnnn3)c2)CC1C. The molecule has 1 aliphatic heterocycles. The van der Waals surface area contributed by atoms with Gasteiger partial charge in [-0.1, -0.05) is 6.07 Å². The molecule has 1 aromatic carbocycles. The number of rotatable bonds is 5. The summed E-state index contributed by atoms with van der Waals surface area (Å²) in [6, 6.07) is 6.62. The fraction of sp³-hybridized carbons (Fsp3) is 0.533. The molecule has 0 bridgehead atoms.